The van der Waals surface area contributed by atoms with Crippen LogP contribution < -0.4 is 21.7 Å². The van der Waals surface area contributed by atoms with Gasteiger partial charge in [0.15, 0.2) is 0 Å². The van der Waals surface area contributed by atoms with Crippen molar-refractivity contribution < 1.29 is 9.59 Å². The van der Waals surface area contributed by atoms with Gasteiger partial charge in [-0.2, -0.15) is 0 Å². The predicted molar refractivity (Wildman–Crippen MR) is 175 cm³/mol. The van der Waals surface area contributed by atoms with Crippen LogP contribution in [0.1, 0.15) is 141 Å². The van der Waals surface area contributed by atoms with E-state index in [0.29, 0.717) is 32.5 Å². The van der Waals surface area contributed by atoms with E-state index in [9.17, 15) is 9.59 Å². The molecule has 1 aromatic rings. The highest BCUT2D eigenvalue weighted by Gasteiger charge is 2.20. The average molecular weight is 573 g/mol. The average Bonchev–Trinajstić information content (AvgIpc) is 2.98. The Morgan fingerprint density at radius 3 is 1.73 bits per heavy atom. The third kappa shape index (κ3) is 23.3. The minimum atomic E-state index is -0.556. The van der Waals surface area contributed by atoms with Crippen molar-refractivity contribution in [2.45, 2.75) is 148 Å². The van der Waals surface area contributed by atoms with Gasteiger partial charge in [0.05, 0.1) is 0 Å². The molecule has 41 heavy (non-hydrogen) atoms. The summed E-state index contributed by atoms with van der Waals surface area (Å²) < 4.78 is 0. The Labute approximate surface area is 252 Å². The molecule has 0 saturated carbocycles. The lowest BCUT2D eigenvalue weighted by Gasteiger charge is -2.19. The van der Waals surface area contributed by atoms with E-state index >= 15 is 0 Å². The van der Waals surface area contributed by atoms with Gasteiger partial charge >= 0.3 is 0 Å². The lowest BCUT2D eigenvalue weighted by Crippen LogP contribution is -2.48. The van der Waals surface area contributed by atoms with Crippen molar-refractivity contribution in [2.75, 3.05) is 26.2 Å². The van der Waals surface area contributed by atoms with Crippen LogP contribution in [0.2, 0.25) is 0 Å². The van der Waals surface area contributed by atoms with E-state index < -0.39 is 6.04 Å². The first-order valence-corrected chi connectivity index (χ1v) is 17.2. The molecule has 0 unspecified atom stereocenters. The van der Waals surface area contributed by atoms with E-state index in [4.69, 9.17) is 5.73 Å². The SMILES string of the molecule is CCCCCCCCCCCCCCCCCCNCCC(=O)N[C@@H](Cc1ccccc1)C(=O)NCCCCCN. The van der Waals surface area contributed by atoms with Crippen LogP contribution in [0.5, 0.6) is 0 Å². The number of nitrogens with two attached hydrogens (primary N) is 1. The van der Waals surface area contributed by atoms with E-state index in [-0.39, 0.29) is 11.8 Å². The molecule has 6 nitrogen and oxygen atoms in total. The van der Waals surface area contributed by atoms with Gasteiger partial charge in [-0.25, -0.2) is 0 Å². The van der Waals surface area contributed by atoms with E-state index in [1.165, 1.54) is 96.3 Å². The molecule has 1 atom stereocenters. The first-order valence-electron chi connectivity index (χ1n) is 17.2. The van der Waals surface area contributed by atoms with Gasteiger partial charge in [0.2, 0.25) is 11.8 Å². The number of unbranched alkanes of at least 4 members (excludes halogenated alkanes) is 17. The van der Waals surface area contributed by atoms with Crippen molar-refractivity contribution in [1.29, 1.82) is 0 Å². The van der Waals surface area contributed by atoms with Gasteiger partial charge in [-0.3, -0.25) is 9.59 Å². The zero-order valence-electron chi connectivity index (χ0n) is 26.5. The number of benzene rings is 1. The van der Waals surface area contributed by atoms with E-state index in [1.807, 2.05) is 30.3 Å². The molecule has 2 amide bonds. The molecule has 0 aliphatic carbocycles. The molecule has 0 aromatic heterocycles. The van der Waals surface area contributed by atoms with Crippen LogP contribution in [0.4, 0.5) is 0 Å². The highest BCUT2D eigenvalue weighted by Crippen LogP contribution is 2.13. The Morgan fingerprint density at radius 1 is 0.659 bits per heavy atom. The minimum Gasteiger partial charge on any atom is -0.354 e. The Balaban J connectivity index is 2.04. The van der Waals surface area contributed by atoms with E-state index in [0.717, 1.165) is 37.8 Å². The molecule has 0 aliphatic heterocycles. The van der Waals surface area contributed by atoms with Crippen molar-refractivity contribution in [1.82, 2.24) is 16.0 Å². The number of nitrogens with one attached hydrogen (secondary N) is 3. The molecule has 0 saturated heterocycles. The van der Waals surface area contributed by atoms with Crippen molar-refractivity contribution in [3.05, 3.63) is 35.9 Å². The molecular formula is C35H64N4O2. The van der Waals surface area contributed by atoms with Crippen LogP contribution in [0.15, 0.2) is 30.3 Å². The van der Waals surface area contributed by atoms with Gasteiger partial charge < -0.3 is 21.7 Å². The molecule has 1 aromatic carbocycles. The quantitative estimate of drug-likeness (QED) is 0.0763. The normalized spacial score (nSPS) is 11.9. The summed E-state index contributed by atoms with van der Waals surface area (Å²) in [6.45, 7) is 5.16. The smallest absolute Gasteiger partial charge is 0.242 e. The summed E-state index contributed by atoms with van der Waals surface area (Å²) in [7, 11) is 0. The van der Waals surface area contributed by atoms with Crippen LogP contribution in [0, 0.1) is 0 Å². The van der Waals surface area contributed by atoms with Crippen molar-refractivity contribution >= 4 is 11.8 Å². The number of rotatable bonds is 29. The zero-order chi connectivity index (χ0) is 29.6. The Hall–Kier alpha value is -1.92. The third-order valence-corrected chi connectivity index (χ3v) is 7.85. The standard InChI is InChI=1S/C35H64N4O2/c1-2-3-4-5-6-7-8-9-10-11-12-13-14-15-16-22-28-37-30-26-34(40)39-33(31-32-24-19-17-20-25-32)35(41)38-29-23-18-21-27-36/h17,19-20,24-25,33,37H,2-16,18,21-23,26-31,36H2,1H3,(H,38,41)(H,39,40)/t33-/m0/s1. The van der Waals surface area contributed by atoms with Gasteiger partial charge in [0.1, 0.15) is 6.04 Å². The summed E-state index contributed by atoms with van der Waals surface area (Å²) in [6, 6.07) is 9.31. The second-order valence-electron chi connectivity index (χ2n) is 11.8. The number of carbonyl (C=O) groups is 2. The first-order chi connectivity index (χ1) is 20.2. The zero-order valence-corrected chi connectivity index (χ0v) is 26.5. The fourth-order valence-corrected chi connectivity index (χ4v) is 5.23. The largest absolute Gasteiger partial charge is 0.354 e. The number of amides is 2. The second-order valence-corrected chi connectivity index (χ2v) is 11.8. The minimum absolute atomic E-state index is 0.0799. The molecule has 0 bridgehead atoms. The van der Waals surface area contributed by atoms with Crippen molar-refractivity contribution in [2.24, 2.45) is 5.73 Å². The fraction of sp³-hybridized carbons (Fsp3) is 0.771. The molecule has 0 spiro atoms. The lowest BCUT2D eigenvalue weighted by atomic mass is 10.0. The maximum atomic E-state index is 12.8. The topological polar surface area (TPSA) is 96.2 Å². The van der Waals surface area contributed by atoms with Crippen molar-refractivity contribution in [3.63, 3.8) is 0 Å². The Bertz CT molecular complexity index is 728. The molecule has 1 rings (SSSR count). The van der Waals surface area contributed by atoms with Crippen LogP contribution in [-0.2, 0) is 16.0 Å². The molecule has 5 N–H and O–H groups in total. The summed E-state index contributed by atoms with van der Waals surface area (Å²) in [5.74, 6) is -0.195. The summed E-state index contributed by atoms with van der Waals surface area (Å²) in [5.41, 5.74) is 6.59. The molecule has 0 radical (unpaired) electrons. The first kappa shape index (κ1) is 37.1. The highest BCUT2D eigenvalue weighted by atomic mass is 16.2. The van der Waals surface area contributed by atoms with Crippen LogP contribution in [0.25, 0.3) is 0 Å². The number of hydrogen-bond acceptors (Lipinski definition) is 4. The molecule has 0 heterocycles. The monoisotopic (exact) mass is 573 g/mol. The Morgan fingerprint density at radius 2 is 1.17 bits per heavy atom. The summed E-state index contributed by atoms with van der Waals surface area (Å²) >= 11 is 0. The van der Waals surface area contributed by atoms with Gasteiger partial charge in [0, 0.05) is 25.9 Å². The van der Waals surface area contributed by atoms with Crippen molar-refractivity contribution in [3.8, 4) is 0 Å². The van der Waals surface area contributed by atoms with Crippen LogP contribution >= 0.6 is 0 Å². The van der Waals surface area contributed by atoms with Gasteiger partial charge in [0.25, 0.3) is 0 Å². The lowest BCUT2D eigenvalue weighted by molar-refractivity contribution is -0.128. The fourth-order valence-electron chi connectivity index (χ4n) is 5.23. The maximum Gasteiger partial charge on any atom is 0.242 e. The summed E-state index contributed by atoms with van der Waals surface area (Å²) in [5, 5.41) is 9.35. The summed E-state index contributed by atoms with van der Waals surface area (Å²) in [4.78, 5) is 25.4. The van der Waals surface area contributed by atoms with Crippen LogP contribution in [0.3, 0.4) is 0 Å². The van der Waals surface area contributed by atoms with Gasteiger partial charge in [-0.1, -0.05) is 140 Å². The maximum absolute atomic E-state index is 12.8. The number of carbonyl (C=O) groups excluding carboxylic acids is 2. The second kappa shape index (κ2) is 28.2. The van der Waals surface area contributed by atoms with Crippen LogP contribution in [-0.4, -0.2) is 44.0 Å². The predicted octanol–water partition coefficient (Wildman–Crippen LogP) is 7.20. The van der Waals surface area contributed by atoms with E-state index in [1.54, 1.807) is 0 Å². The molecular weight excluding hydrogens is 508 g/mol. The summed E-state index contributed by atoms with van der Waals surface area (Å²) in [6.07, 6.45) is 25.7. The number of hydrogen-bond donors (Lipinski definition) is 4. The van der Waals surface area contributed by atoms with E-state index in [2.05, 4.69) is 22.9 Å². The van der Waals surface area contributed by atoms with Gasteiger partial charge in [-0.15, -0.1) is 0 Å². The third-order valence-electron chi connectivity index (χ3n) is 7.85. The molecule has 0 fully saturated rings. The molecule has 0 aliphatic rings. The highest BCUT2D eigenvalue weighted by molar-refractivity contribution is 5.87. The van der Waals surface area contributed by atoms with Gasteiger partial charge in [-0.05, 0) is 37.9 Å². The molecule has 236 valence electrons. The molecule has 6 heteroatoms. The Kier molecular flexibility index (Phi) is 25.5.